The standard InChI is InChI=1S/C15H22BrFN2/c1-2-11-6-7-19(13(8-11)9-18)10-12-4-3-5-14(17)15(12)16/h3-5,11,13H,2,6-10,18H2,1H3. The van der Waals surface area contributed by atoms with Crippen molar-refractivity contribution in [3.8, 4) is 0 Å². The molecule has 2 unspecified atom stereocenters. The van der Waals surface area contributed by atoms with Crippen LogP contribution in [0, 0.1) is 11.7 Å². The minimum atomic E-state index is -0.190. The fourth-order valence-corrected chi connectivity index (χ4v) is 3.29. The van der Waals surface area contributed by atoms with E-state index in [4.69, 9.17) is 5.73 Å². The minimum Gasteiger partial charge on any atom is -0.329 e. The van der Waals surface area contributed by atoms with Crippen molar-refractivity contribution in [3.05, 3.63) is 34.1 Å². The number of nitrogens with zero attached hydrogens (tertiary/aromatic N) is 1. The maximum absolute atomic E-state index is 13.5. The Hall–Kier alpha value is -0.450. The summed E-state index contributed by atoms with van der Waals surface area (Å²) in [5.41, 5.74) is 6.91. The van der Waals surface area contributed by atoms with Gasteiger partial charge in [0.25, 0.3) is 0 Å². The zero-order chi connectivity index (χ0) is 13.8. The van der Waals surface area contributed by atoms with Crippen LogP contribution in [-0.4, -0.2) is 24.0 Å². The number of nitrogens with two attached hydrogens (primary N) is 1. The van der Waals surface area contributed by atoms with Gasteiger partial charge in [0.1, 0.15) is 5.82 Å². The zero-order valence-corrected chi connectivity index (χ0v) is 13.0. The van der Waals surface area contributed by atoms with Crippen molar-refractivity contribution < 1.29 is 4.39 Å². The number of benzene rings is 1. The molecule has 106 valence electrons. The van der Waals surface area contributed by atoms with Crippen molar-refractivity contribution in [1.29, 1.82) is 0 Å². The van der Waals surface area contributed by atoms with Crippen LogP contribution in [0.4, 0.5) is 4.39 Å². The summed E-state index contributed by atoms with van der Waals surface area (Å²) in [6, 6.07) is 5.66. The Balaban J connectivity index is 2.07. The number of halogens is 2. The van der Waals surface area contributed by atoms with Gasteiger partial charge in [-0.25, -0.2) is 4.39 Å². The monoisotopic (exact) mass is 328 g/mol. The number of likely N-dealkylation sites (tertiary alicyclic amines) is 1. The molecule has 1 aromatic rings. The molecule has 0 saturated carbocycles. The van der Waals surface area contributed by atoms with Gasteiger partial charge in [-0.15, -0.1) is 0 Å². The Morgan fingerprint density at radius 2 is 2.26 bits per heavy atom. The summed E-state index contributed by atoms with van der Waals surface area (Å²) in [5, 5.41) is 0. The molecule has 2 atom stereocenters. The molecule has 1 aromatic carbocycles. The molecular weight excluding hydrogens is 307 g/mol. The van der Waals surface area contributed by atoms with Gasteiger partial charge in [0.2, 0.25) is 0 Å². The van der Waals surface area contributed by atoms with E-state index >= 15 is 0 Å². The lowest BCUT2D eigenvalue weighted by molar-refractivity contribution is 0.107. The van der Waals surface area contributed by atoms with Gasteiger partial charge in [0.15, 0.2) is 0 Å². The second-order valence-electron chi connectivity index (χ2n) is 5.37. The van der Waals surface area contributed by atoms with Gasteiger partial charge in [-0.05, 0) is 52.9 Å². The molecule has 19 heavy (non-hydrogen) atoms. The van der Waals surface area contributed by atoms with E-state index in [1.165, 1.54) is 25.3 Å². The molecule has 4 heteroatoms. The van der Waals surface area contributed by atoms with Crippen LogP contribution in [0.1, 0.15) is 31.7 Å². The summed E-state index contributed by atoms with van der Waals surface area (Å²) in [6.45, 7) is 4.76. The first-order chi connectivity index (χ1) is 9.15. The predicted octanol–water partition coefficient (Wildman–Crippen LogP) is 3.54. The maximum atomic E-state index is 13.5. The van der Waals surface area contributed by atoms with Gasteiger partial charge in [-0.1, -0.05) is 25.5 Å². The van der Waals surface area contributed by atoms with E-state index in [1.807, 2.05) is 6.07 Å². The molecule has 0 amide bonds. The number of piperidine rings is 1. The number of hydrogen-bond acceptors (Lipinski definition) is 2. The summed E-state index contributed by atoms with van der Waals surface area (Å²) < 4.78 is 14.1. The Bertz CT molecular complexity index is 425. The first-order valence-corrected chi connectivity index (χ1v) is 7.82. The molecule has 1 aliphatic rings. The Morgan fingerprint density at radius 3 is 2.95 bits per heavy atom. The molecule has 0 spiro atoms. The van der Waals surface area contributed by atoms with E-state index in [0.29, 0.717) is 17.1 Å². The van der Waals surface area contributed by atoms with Crippen LogP contribution in [0.3, 0.4) is 0 Å². The first-order valence-electron chi connectivity index (χ1n) is 7.02. The molecule has 1 heterocycles. The second-order valence-corrected chi connectivity index (χ2v) is 6.16. The Morgan fingerprint density at radius 1 is 1.47 bits per heavy atom. The molecule has 0 aliphatic carbocycles. The third kappa shape index (κ3) is 3.56. The van der Waals surface area contributed by atoms with Gasteiger partial charge < -0.3 is 5.73 Å². The lowest BCUT2D eigenvalue weighted by Gasteiger charge is -2.39. The molecule has 0 aromatic heterocycles. The molecule has 1 saturated heterocycles. The molecule has 1 aliphatic heterocycles. The summed E-state index contributed by atoms with van der Waals surface area (Å²) >= 11 is 3.34. The van der Waals surface area contributed by atoms with Crippen LogP contribution in [0.25, 0.3) is 0 Å². The quantitative estimate of drug-likeness (QED) is 0.915. The highest BCUT2D eigenvalue weighted by Crippen LogP contribution is 2.28. The van der Waals surface area contributed by atoms with Crippen LogP contribution < -0.4 is 5.73 Å². The Kier molecular flexibility index (Phi) is 5.37. The normalized spacial score (nSPS) is 24.6. The maximum Gasteiger partial charge on any atom is 0.137 e. The molecule has 0 radical (unpaired) electrons. The number of rotatable bonds is 4. The van der Waals surface area contributed by atoms with Crippen molar-refractivity contribution in [1.82, 2.24) is 4.90 Å². The van der Waals surface area contributed by atoms with E-state index in [0.717, 1.165) is 24.6 Å². The van der Waals surface area contributed by atoms with Gasteiger partial charge >= 0.3 is 0 Å². The topological polar surface area (TPSA) is 29.3 Å². The summed E-state index contributed by atoms with van der Waals surface area (Å²) in [5.74, 6) is 0.603. The second kappa shape index (κ2) is 6.82. The molecule has 0 bridgehead atoms. The highest BCUT2D eigenvalue weighted by molar-refractivity contribution is 9.10. The highest BCUT2D eigenvalue weighted by atomic mass is 79.9. The van der Waals surface area contributed by atoms with Crippen molar-refractivity contribution in [2.75, 3.05) is 13.1 Å². The summed E-state index contributed by atoms with van der Waals surface area (Å²) in [7, 11) is 0. The predicted molar refractivity (Wildman–Crippen MR) is 80.4 cm³/mol. The minimum absolute atomic E-state index is 0.190. The smallest absolute Gasteiger partial charge is 0.137 e. The molecular formula is C15H22BrFN2. The molecule has 2 N–H and O–H groups in total. The van der Waals surface area contributed by atoms with E-state index in [2.05, 4.69) is 27.8 Å². The van der Waals surface area contributed by atoms with Crippen molar-refractivity contribution in [2.24, 2.45) is 11.7 Å². The fourth-order valence-electron chi connectivity index (χ4n) is 2.90. The molecule has 2 rings (SSSR count). The van der Waals surface area contributed by atoms with Gasteiger partial charge in [-0.2, -0.15) is 0 Å². The average molecular weight is 329 g/mol. The summed E-state index contributed by atoms with van der Waals surface area (Å²) in [6.07, 6.45) is 3.62. The highest BCUT2D eigenvalue weighted by Gasteiger charge is 2.27. The lowest BCUT2D eigenvalue weighted by Crippen LogP contribution is -2.46. The number of hydrogen-bond donors (Lipinski definition) is 1. The van der Waals surface area contributed by atoms with Crippen molar-refractivity contribution >= 4 is 15.9 Å². The van der Waals surface area contributed by atoms with E-state index < -0.39 is 0 Å². The van der Waals surface area contributed by atoms with Crippen LogP contribution in [0.2, 0.25) is 0 Å². The van der Waals surface area contributed by atoms with Crippen LogP contribution >= 0.6 is 15.9 Å². The summed E-state index contributed by atoms with van der Waals surface area (Å²) in [4.78, 5) is 2.39. The SMILES string of the molecule is CCC1CCN(Cc2cccc(F)c2Br)C(CN)C1. The zero-order valence-electron chi connectivity index (χ0n) is 11.4. The van der Waals surface area contributed by atoms with Crippen LogP contribution in [0.5, 0.6) is 0 Å². The van der Waals surface area contributed by atoms with Gasteiger partial charge in [-0.3, -0.25) is 4.90 Å². The third-order valence-electron chi connectivity index (χ3n) is 4.20. The van der Waals surface area contributed by atoms with E-state index in [-0.39, 0.29) is 5.82 Å². The lowest BCUT2D eigenvalue weighted by atomic mass is 9.88. The van der Waals surface area contributed by atoms with E-state index in [9.17, 15) is 4.39 Å². The largest absolute Gasteiger partial charge is 0.329 e. The average Bonchev–Trinajstić information content (AvgIpc) is 2.44. The third-order valence-corrected chi connectivity index (χ3v) is 5.09. The first kappa shape index (κ1) is 14.9. The van der Waals surface area contributed by atoms with Crippen molar-refractivity contribution in [2.45, 2.75) is 38.8 Å². The van der Waals surface area contributed by atoms with Crippen LogP contribution in [0.15, 0.2) is 22.7 Å². The molecule has 1 fully saturated rings. The van der Waals surface area contributed by atoms with Crippen molar-refractivity contribution in [3.63, 3.8) is 0 Å². The van der Waals surface area contributed by atoms with Gasteiger partial charge in [0, 0.05) is 19.1 Å². The van der Waals surface area contributed by atoms with Crippen LogP contribution in [-0.2, 0) is 6.54 Å². The molecule has 2 nitrogen and oxygen atoms in total. The fraction of sp³-hybridized carbons (Fsp3) is 0.600. The van der Waals surface area contributed by atoms with Gasteiger partial charge in [0.05, 0.1) is 4.47 Å². The Labute approximate surface area is 123 Å². The van der Waals surface area contributed by atoms with E-state index in [1.54, 1.807) is 6.07 Å².